The highest BCUT2D eigenvalue weighted by atomic mass is 16.6. The first-order valence-electron chi connectivity index (χ1n) is 7.83. The third-order valence-corrected chi connectivity index (χ3v) is 4.15. The molecule has 4 rings (SSSR count). The summed E-state index contributed by atoms with van der Waals surface area (Å²) in [6, 6.07) is 12.6. The third kappa shape index (κ3) is 2.65. The Hall–Kier alpha value is -3.48. The Bertz CT molecular complexity index is 1100. The maximum absolute atomic E-state index is 11.2. The minimum absolute atomic E-state index is 0.0528. The van der Waals surface area contributed by atoms with Gasteiger partial charge in [0.05, 0.1) is 28.2 Å². The van der Waals surface area contributed by atoms with Crippen molar-refractivity contribution in [3.05, 3.63) is 76.4 Å². The van der Waals surface area contributed by atoms with E-state index < -0.39 is 4.92 Å². The molecule has 0 bridgehead atoms. The number of fused-ring (bicyclic) bond motifs is 2. The van der Waals surface area contributed by atoms with Crippen molar-refractivity contribution in [1.82, 2.24) is 14.4 Å². The predicted octanol–water partition coefficient (Wildman–Crippen LogP) is 3.71. The number of anilines is 1. The van der Waals surface area contributed by atoms with Crippen LogP contribution >= 0.6 is 0 Å². The topological polar surface area (TPSA) is 85.4 Å². The number of imidazole rings is 1. The van der Waals surface area contributed by atoms with E-state index in [1.165, 1.54) is 6.07 Å². The van der Waals surface area contributed by atoms with Gasteiger partial charge in [-0.25, -0.2) is 4.98 Å². The lowest BCUT2D eigenvalue weighted by Crippen LogP contribution is -2.02. The van der Waals surface area contributed by atoms with Crippen LogP contribution < -0.4 is 5.32 Å². The molecule has 124 valence electrons. The predicted molar refractivity (Wildman–Crippen MR) is 95.7 cm³/mol. The van der Waals surface area contributed by atoms with Crippen molar-refractivity contribution in [2.75, 3.05) is 5.32 Å². The van der Waals surface area contributed by atoms with Crippen LogP contribution in [0, 0.1) is 17.0 Å². The molecule has 25 heavy (non-hydrogen) atoms. The van der Waals surface area contributed by atoms with Gasteiger partial charge in [-0.15, -0.1) is 0 Å². The molecule has 0 spiro atoms. The van der Waals surface area contributed by atoms with Gasteiger partial charge >= 0.3 is 0 Å². The van der Waals surface area contributed by atoms with Crippen LogP contribution in [0.3, 0.4) is 0 Å². The van der Waals surface area contributed by atoms with Crippen molar-refractivity contribution in [3.8, 4) is 0 Å². The molecule has 7 heteroatoms. The molecule has 7 nitrogen and oxygen atoms in total. The van der Waals surface area contributed by atoms with Gasteiger partial charge in [-0.1, -0.05) is 6.07 Å². The van der Waals surface area contributed by atoms with Crippen LogP contribution in [-0.4, -0.2) is 19.3 Å². The lowest BCUT2D eigenvalue weighted by molar-refractivity contribution is -0.383. The van der Waals surface area contributed by atoms with E-state index in [0.717, 1.165) is 22.7 Å². The lowest BCUT2D eigenvalue weighted by Gasteiger charge is -2.08. The summed E-state index contributed by atoms with van der Waals surface area (Å²) in [7, 11) is 0. The van der Waals surface area contributed by atoms with Gasteiger partial charge in [-0.3, -0.25) is 15.1 Å². The fraction of sp³-hybridized carbons (Fsp3) is 0.111. The zero-order valence-corrected chi connectivity index (χ0v) is 13.5. The minimum atomic E-state index is -0.390. The molecule has 0 unspecified atom stereocenters. The van der Waals surface area contributed by atoms with Crippen LogP contribution in [0.2, 0.25) is 0 Å². The highest BCUT2D eigenvalue weighted by Gasteiger charge is 2.15. The summed E-state index contributed by atoms with van der Waals surface area (Å²) in [5, 5.41) is 15.0. The number of nitro benzene ring substituents is 1. The van der Waals surface area contributed by atoms with Crippen molar-refractivity contribution >= 4 is 27.9 Å². The second-order valence-corrected chi connectivity index (χ2v) is 5.77. The molecule has 0 atom stereocenters. The Morgan fingerprint density at radius 3 is 2.88 bits per heavy atom. The van der Waals surface area contributed by atoms with E-state index in [-0.39, 0.29) is 5.69 Å². The quantitative estimate of drug-likeness (QED) is 0.454. The molecule has 0 saturated carbocycles. The van der Waals surface area contributed by atoms with Gasteiger partial charge in [0, 0.05) is 24.2 Å². The number of nitro groups is 1. The second-order valence-electron chi connectivity index (χ2n) is 5.77. The van der Waals surface area contributed by atoms with E-state index >= 15 is 0 Å². The number of nitrogens with one attached hydrogen (secondary N) is 1. The summed E-state index contributed by atoms with van der Waals surface area (Å²) in [6.07, 6.45) is 3.62. The molecule has 4 aromatic rings. The highest BCUT2D eigenvalue weighted by Crippen LogP contribution is 2.29. The normalized spacial score (nSPS) is 11.1. The molecule has 0 amide bonds. The van der Waals surface area contributed by atoms with Gasteiger partial charge in [0.25, 0.3) is 5.69 Å². The van der Waals surface area contributed by atoms with Crippen LogP contribution in [-0.2, 0) is 6.54 Å². The minimum Gasteiger partial charge on any atom is -0.378 e. The van der Waals surface area contributed by atoms with Crippen molar-refractivity contribution in [2.45, 2.75) is 13.5 Å². The van der Waals surface area contributed by atoms with E-state index in [9.17, 15) is 10.1 Å². The Kier molecular flexibility index (Phi) is 3.53. The Morgan fingerprint density at radius 1 is 1.20 bits per heavy atom. The monoisotopic (exact) mass is 333 g/mol. The molecule has 0 saturated heterocycles. The summed E-state index contributed by atoms with van der Waals surface area (Å²) in [5.41, 5.74) is 4.27. The molecule has 0 aliphatic heterocycles. The fourth-order valence-corrected chi connectivity index (χ4v) is 2.93. The first-order chi connectivity index (χ1) is 12.1. The summed E-state index contributed by atoms with van der Waals surface area (Å²) in [5.74, 6) is 0. The number of hydrogen-bond acceptors (Lipinski definition) is 5. The number of rotatable bonds is 4. The number of pyridine rings is 2. The van der Waals surface area contributed by atoms with E-state index in [0.29, 0.717) is 17.4 Å². The molecule has 0 aliphatic rings. The molecule has 0 aliphatic carbocycles. The average Bonchev–Trinajstić information content (AvgIpc) is 3.04. The largest absolute Gasteiger partial charge is 0.378 e. The fourth-order valence-electron chi connectivity index (χ4n) is 2.93. The summed E-state index contributed by atoms with van der Waals surface area (Å²) in [6.45, 7) is 2.53. The van der Waals surface area contributed by atoms with Gasteiger partial charge in [-0.2, -0.15) is 0 Å². The zero-order chi connectivity index (χ0) is 17.4. The molecule has 3 heterocycles. The van der Waals surface area contributed by atoms with Crippen molar-refractivity contribution in [1.29, 1.82) is 0 Å². The molecule has 0 radical (unpaired) electrons. The smallest absolute Gasteiger partial charge is 0.278 e. The summed E-state index contributed by atoms with van der Waals surface area (Å²) < 4.78 is 2.03. The number of nitrogens with zero attached hydrogens (tertiary/aromatic N) is 4. The molecule has 1 aromatic carbocycles. The molecular weight excluding hydrogens is 318 g/mol. The summed E-state index contributed by atoms with van der Waals surface area (Å²) in [4.78, 5) is 19.7. The number of aromatic nitrogens is 3. The first-order valence-corrected chi connectivity index (χ1v) is 7.83. The van der Waals surface area contributed by atoms with Crippen molar-refractivity contribution < 1.29 is 4.92 Å². The highest BCUT2D eigenvalue weighted by molar-refractivity contribution is 5.96. The van der Waals surface area contributed by atoms with Gasteiger partial charge in [0.1, 0.15) is 11.2 Å². The standard InChI is InChI=1S/C18H15N5O2/c1-12-4-2-6-17-21-13(11-22(12)17)10-20-15-7-8-16(23(24)25)14-5-3-9-19-18(14)15/h2-9,11,20H,10H2,1H3. The van der Waals surface area contributed by atoms with Crippen LogP contribution in [0.15, 0.2) is 54.9 Å². The van der Waals surface area contributed by atoms with Crippen LogP contribution in [0.25, 0.3) is 16.6 Å². The first kappa shape index (κ1) is 15.1. The van der Waals surface area contributed by atoms with Gasteiger partial charge in [0.2, 0.25) is 0 Å². The summed E-state index contributed by atoms with van der Waals surface area (Å²) >= 11 is 0. The molecule has 1 N–H and O–H groups in total. The van der Waals surface area contributed by atoms with E-state index in [4.69, 9.17) is 0 Å². The molecule has 0 fully saturated rings. The zero-order valence-electron chi connectivity index (χ0n) is 13.5. The van der Waals surface area contributed by atoms with Crippen LogP contribution in [0.5, 0.6) is 0 Å². The maximum Gasteiger partial charge on any atom is 0.278 e. The molecule has 3 aromatic heterocycles. The third-order valence-electron chi connectivity index (χ3n) is 4.15. The average molecular weight is 333 g/mol. The van der Waals surface area contributed by atoms with Gasteiger partial charge in [0.15, 0.2) is 0 Å². The van der Waals surface area contributed by atoms with Gasteiger partial charge < -0.3 is 9.72 Å². The van der Waals surface area contributed by atoms with Crippen molar-refractivity contribution in [3.63, 3.8) is 0 Å². The van der Waals surface area contributed by atoms with E-state index in [1.54, 1.807) is 24.4 Å². The Labute approximate surface area is 143 Å². The Balaban J connectivity index is 1.67. The van der Waals surface area contributed by atoms with E-state index in [1.807, 2.05) is 35.7 Å². The van der Waals surface area contributed by atoms with Crippen LogP contribution in [0.1, 0.15) is 11.4 Å². The number of hydrogen-bond donors (Lipinski definition) is 1. The number of aryl methyl sites for hydroxylation is 1. The second kappa shape index (κ2) is 5.86. The van der Waals surface area contributed by atoms with Gasteiger partial charge in [-0.05, 0) is 37.3 Å². The van der Waals surface area contributed by atoms with Crippen molar-refractivity contribution in [2.24, 2.45) is 0 Å². The lowest BCUT2D eigenvalue weighted by atomic mass is 10.1. The Morgan fingerprint density at radius 2 is 2.08 bits per heavy atom. The van der Waals surface area contributed by atoms with E-state index in [2.05, 4.69) is 15.3 Å². The molecular formula is C18H15N5O2. The van der Waals surface area contributed by atoms with Crippen LogP contribution in [0.4, 0.5) is 11.4 Å². The number of benzene rings is 1. The number of non-ortho nitro benzene ring substituents is 1. The maximum atomic E-state index is 11.2. The SMILES string of the molecule is Cc1cccc2nc(CNc3ccc([N+](=O)[O-])c4cccnc34)cn12.